The number of nitrogens with zero attached hydrogens (tertiary/aromatic N) is 3. The van der Waals surface area contributed by atoms with E-state index < -0.39 is 0 Å². The quantitative estimate of drug-likeness (QED) is 0.675. The van der Waals surface area contributed by atoms with Gasteiger partial charge in [0, 0.05) is 16.7 Å². The lowest BCUT2D eigenvalue weighted by Crippen LogP contribution is -1.86. The molecule has 0 atom stereocenters. The van der Waals surface area contributed by atoms with Crippen LogP contribution in [-0.2, 0) is 0 Å². The van der Waals surface area contributed by atoms with Crippen LogP contribution in [0.4, 0.5) is 0 Å². The Bertz CT molecular complexity index is 691. The average molecular weight is 255 g/mol. The van der Waals surface area contributed by atoms with E-state index in [0.717, 1.165) is 22.0 Å². The van der Waals surface area contributed by atoms with Gasteiger partial charge in [-0.25, -0.2) is 0 Å². The minimum absolute atomic E-state index is 0.672. The van der Waals surface area contributed by atoms with Crippen LogP contribution < -0.4 is 0 Å². The summed E-state index contributed by atoms with van der Waals surface area (Å²) in [6.45, 7) is 0. The maximum absolute atomic E-state index is 10.6. The second-order valence-corrected chi connectivity index (χ2v) is 4.74. The Morgan fingerprint density at radius 3 is 2.67 bits per heavy atom. The summed E-state index contributed by atoms with van der Waals surface area (Å²) >= 11 is 1.52. The van der Waals surface area contributed by atoms with Gasteiger partial charge in [-0.15, -0.1) is 10.2 Å². The monoisotopic (exact) mass is 255 g/mol. The molecule has 0 fully saturated rings. The van der Waals surface area contributed by atoms with Gasteiger partial charge in [0.25, 0.3) is 0 Å². The first-order chi connectivity index (χ1) is 8.86. The van der Waals surface area contributed by atoms with Crippen LogP contribution in [0.25, 0.3) is 5.65 Å². The summed E-state index contributed by atoms with van der Waals surface area (Å²) in [7, 11) is 0. The molecular weight excluding hydrogens is 246 g/mol. The number of hydrogen-bond donors (Lipinski definition) is 0. The van der Waals surface area contributed by atoms with Gasteiger partial charge in [-0.1, -0.05) is 18.2 Å². The lowest BCUT2D eigenvalue weighted by molar-refractivity contribution is 0.112. The number of carbonyl (C=O) groups excluding carboxylic acids is 1. The number of rotatable bonds is 3. The van der Waals surface area contributed by atoms with Crippen LogP contribution in [0.15, 0.2) is 58.7 Å². The molecule has 0 aliphatic rings. The van der Waals surface area contributed by atoms with Gasteiger partial charge in [-0.05, 0) is 36.0 Å². The van der Waals surface area contributed by atoms with Crippen molar-refractivity contribution in [3.8, 4) is 0 Å². The molecule has 0 saturated heterocycles. The van der Waals surface area contributed by atoms with E-state index in [9.17, 15) is 4.79 Å². The fraction of sp³-hybridized carbons (Fsp3) is 0. The van der Waals surface area contributed by atoms with Crippen molar-refractivity contribution in [1.29, 1.82) is 0 Å². The van der Waals surface area contributed by atoms with Crippen LogP contribution in [0.5, 0.6) is 0 Å². The minimum atomic E-state index is 0.672. The second kappa shape index (κ2) is 4.62. The van der Waals surface area contributed by atoms with Gasteiger partial charge >= 0.3 is 0 Å². The number of aromatic nitrogens is 3. The number of hydrogen-bond acceptors (Lipinski definition) is 4. The number of benzene rings is 1. The van der Waals surface area contributed by atoms with Gasteiger partial charge in [0.15, 0.2) is 10.8 Å². The Morgan fingerprint density at radius 1 is 1.06 bits per heavy atom. The zero-order valence-corrected chi connectivity index (χ0v) is 10.2. The van der Waals surface area contributed by atoms with Crippen molar-refractivity contribution in [2.24, 2.45) is 0 Å². The van der Waals surface area contributed by atoms with Crippen molar-refractivity contribution in [3.05, 3.63) is 54.2 Å². The van der Waals surface area contributed by atoms with E-state index in [1.807, 2.05) is 40.9 Å². The molecule has 0 bridgehead atoms. The summed E-state index contributed by atoms with van der Waals surface area (Å²) in [5, 5.41) is 9.03. The molecular formula is C13H9N3OS. The molecule has 2 heterocycles. The van der Waals surface area contributed by atoms with Gasteiger partial charge in [0.2, 0.25) is 0 Å². The predicted molar refractivity (Wildman–Crippen MR) is 68.9 cm³/mol. The lowest BCUT2D eigenvalue weighted by Gasteiger charge is -1.99. The molecule has 2 aromatic heterocycles. The van der Waals surface area contributed by atoms with Crippen LogP contribution >= 0.6 is 11.8 Å². The molecule has 0 radical (unpaired) electrons. The molecule has 0 N–H and O–H groups in total. The summed E-state index contributed by atoms with van der Waals surface area (Å²) in [5.41, 5.74) is 1.50. The fourth-order valence-corrected chi connectivity index (χ4v) is 2.43. The minimum Gasteiger partial charge on any atom is -0.298 e. The molecule has 3 rings (SSSR count). The maximum atomic E-state index is 10.6. The van der Waals surface area contributed by atoms with Crippen molar-refractivity contribution >= 4 is 23.7 Å². The predicted octanol–water partition coefficient (Wildman–Crippen LogP) is 2.69. The third-order valence-corrected chi connectivity index (χ3v) is 3.48. The van der Waals surface area contributed by atoms with Gasteiger partial charge < -0.3 is 0 Å². The number of fused-ring (bicyclic) bond motifs is 1. The standard InChI is InChI=1S/C13H9N3OS/c17-9-10-4-6-11(7-5-10)18-13-15-14-12-3-1-2-8-16(12)13/h1-9H. The molecule has 3 aromatic rings. The smallest absolute Gasteiger partial charge is 0.200 e. The highest BCUT2D eigenvalue weighted by Crippen LogP contribution is 2.26. The molecule has 0 spiro atoms. The second-order valence-electron chi connectivity index (χ2n) is 3.70. The third kappa shape index (κ3) is 2.00. The Kier molecular flexibility index (Phi) is 2.82. The zero-order chi connectivity index (χ0) is 12.4. The molecule has 0 saturated carbocycles. The SMILES string of the molecule is O=Cc1ccc(Sc2nnc3ccccn23)cc1. The third-order valence-electron chi connectivity index (χ3n) is 2.51. The molecule has 1 aromatic carbocycles. The Balaban J connectivity index is 1.93. The van der Waals surface area contributed by atoms with Crippen LogP contribution in [0, 0.1) is 0 Å². The van der Waals surface area contributed by atoms with Crippen molar-refractivity contribution in [2.45, 2.75) is 10.1 Å². The first-order valence-electron chi connectivity index (χ1n) is 5.40. The summed E-state index contributed by atoms with van der Waals surface area (Å²) < 4.78 is 1.93. The zero-order valence-electron chi connectivity index (χ0n) is 9.35. The fourth-order valence-electron chi connectivity index (χ4n) is 1.61. The van der Waals surface area contributed by atoms with E-state index in [0.29, 0.717) is 5.56 Å². The number of pyridine rings is 1. The van der Waals surface area contributed by atoms with Crippen molar-refractivity contribution in [3.63, 3.8) is 0 Å². The summed E-state index contributed by atoms with van der Waals surface area (Å²) in [6.07, 6.45) is 2.76. The van der Waals surface area contributed by atoms with Crippen LogP contribution in [0.2, 0.25) is 0 Å². The Labute approximate surface area is 108 Å². The highest BCUT2D eigenvalue weighted by atomic mass is 32.2. The Morgan fingerprint density at radius 2 is 1.89 bits per heavy atom. The van der Waals surface area contributed by atoms with Crippen molar-refractivity contribution < 1.29 is 4.79 Å². The van der Waals surface area contributed by atoms with Crippen LogP contribution in [0.3, 0.4) is 0 Å². The van der Waals surface area contributed by atoms with E-state index in [4.69, 9.17) is 0 Å². The summed E-state index contributed by atoms with van der Waals surface area (Å²) in [4.78, 5) is 11.6. The van der Waals surface area contributed by atoms with E-state index in [1.165, 1.54) is 11.8 Å². The number of carbonyl (C=O) groups is 1. The van der Waals surface area contributed by atoms with Gasteiger partial charge in [0.1, 0.15) is 6.29 Å². The summed E-state index contributed by atoms with van der Waals surface area (Å²) in [6, 6.07) is 13.2. The highest BCUT2D eigenvalue weighted by Gasteiger charge is 2.06. The molecule has 0 amide bonds. The van der Waals surface area contributed by atoms with E-state index in [2.05, 4.69) is 10.2 Å². The lowest BCUT2D eigenvalue weighted by atomic mass is 10.2. The first-order valence-corrected chi connectivity index (χ1v) is 6.21. The molecule has 18 heavy (non-hydrogen) atoms. The highest BCUT2D eigenvalue weighted by molar-refractivity contribution is 7.99. The van der Waals surface area contributed by atoms with Crippen LogP contribution in [0.1, 0.15) is 10.4 Å². The van der Waals surface area contributed by atoms with E-state index in [1.54, 1.807) is 12.1 Å². The van der Waals surface area contributed by atoms with E-state index in [-0.39, 0.29) is 0 Å². The normalized spacial score (nSPS) is 10.7. The van der Waals surface area contributed by atoms with E-state index >= 15 is 0 Å². The Hall–Kier alpha value is -2.14. The number of aldehydes is 1. The molecule has 0 aliphatic carbocycles. The van der Waals surface area contributed by atoms with Gasteiger partial charge in [-0.3, -0.25) is 9.20 Å². The maximum Gasteiger partial charge on any atom is 0.200 e. The topological polar surface area (TPSA) is 47.3 Å². The first kappa shape index (κ1) is 11.0. The van der Waals surface area contributed by atoms with Crippen molar-refractivity contribution in [2.75, 3.05) is 0 Å². The van der Waals surface area contributed by atoms with Crippen molar-refractivity contribution in [1.82, 2.24) is 14.6 Å². The molecule has 0 unspecified atom stereocenters. The summed E-state index contributed by atoms with van der Waals surface area (Å²) in [5.74, 6) is 0. The van der Waals surface area contributed by atoms with Crippen LogP contribution in [-0.4, -0.2) is 20.9 Å². The average Bonchev–Trinajstić information content (AvgIpc) is 2.83. The largest absolute Gasteiger partial charge is 0.298 e. The molecule has 5 heteroatoms. The molecule has 4 nitrogen and oxygen atoms in total. The van der Waals surface area contributed by atoms with Gasteiger partial charge in [0.05, 0.1) is 0 Å². The molecule has 0 aliphatic heterocycles. The van der Waals surface area contributed by atoms with Gasteiger partial charge in [-0.2, -0.15) is 0 Å². The molecule has 88 valence electrons.